The first kappa shape index (κ1) is 21.1. The molecule has 7 nitrogen and oxygen atoms in total. The second kappa shape index (κ2) is 9.29. The molecule has 1 aromatic heterocycles. The Hall–Kier alpha value is -2.57. The summed E-state index contributed by atoms with van der Waals surface area (Å²) in [5, 5.41) is 11.4. The van der Waals surface area contributed by atoms with E-state index in [2.05, 4.69) is 71.6 Å². The van der Waals surface area contributed by atoms with Gasteiger partial charge in [0.05, 0.1) is 13.1 Å². The Morgan fingerprint density at radius 2 is 2.17 bits per heavy atom. The van der Waals surface area contributed by atoms with E-state index in [1.807, 2.05) is 10.7 Å². The molecule has 0 saturated heterocycles. The van der Waals surface area contributed by atoms with Gasteiger partial charge in [-0.1, -0.05) is 39.8 Å². The summed E-state index contributed by atoms with van der Waals surface area (Å²) in [5.41, 5.74) is 1.39. The second-order valence-electron chi connectivity index (χ2n) is 8.49. The SMILES string of the molecule is CCc1nc2n(n1)CC(NC(=NC)NCCOc1cccc(C(C)(C)C)c1)CC2. The van der Waals surface area contributed by atoms with Crippen molar-refractivity contribution in [2.24, 2.45) is 4.99 Å². The smallest absolute Gasteiger partial charge is 0.191 e. The average molecular weight is 399 g/mol. The number of nitrogens with zero attached hydrogens (tertiary/aromatic N) is 4. The predicted octanol–water partition coefficient (Wildman–Crippen LogP) is 2.70. The van der Waals surface area contributed by atoms with Crippen LogP contribution in [0.4, 0.5) is 0 Å². The lowest BCUT2D eigenvalue weighted by molar-refractivity contribution is 0.320. The van der Waals surface area contributed by atoms with Crippen LogP contribution in [0.1, 0.15) is 51.3 Å². The van der Waals surface area contributed by atoms with Crippen molar-refractivity contribution in [3.05, 3.63) is 41.5 Å². The molecule has 1 aliphatic rings. The van der Waals surface area contributed by atoms with Gasteiger partial charge in [0, 0.05) is 25.9 Å². The highest BCUT2D eigenvalue weighted by atomic mass is 16.5. The molecular weight excluding hydrogens is 364 g/mol. The van der Waals surface area contributed by atoms with Gasteiger partial charge in [0.25, 0.3) is 0 Å². The lowest BCUT2D eigenvalue weighted by Gasteiger charge is -2.25. The second-order valence-corrected chi connectivity index (χ2v) is 8.49. The lowest BCUT2D eigenvalue weighted by Crippen LogP contribution is -2.47. The van der Waals surface area contributed by atoms with Crippen molar-refractivity contribution < 1.29 is 4.74 Å². The Labute approximate surface area is 174 Å². The van der Waals surface area contributed by atoms with Gasteiger partial charge in [-0.3, -0.25) is 4.99 Å². The van der Waals surface area contributed by atoms with E-state index in [0.717, 1.165) is 49.2 Å². The summed E-state index contributed by atoms with van der Waals surface area (Å²) in [6.07, 6.45) is 2.84. The number of hydrogen-bond acceptors (Lipinski definition) is 4. The van der Waals surface area contributed by atoms with Crippen LogP contribution in [-0.2, 0) is 24.8 Å². The van der Waals surface area contributed by atoms with Crippen molar-refractivity contribution in [3.63, 3.8) is 0 Å². The van der Waals surface area contributed by atoms with Crippen molar-refractivity contribution in [1.82, 2.24) is 25.4 Å². The highest BCUT2D eigenvalue weighted by Gasteiger charge is 2.22. The molecule has 0 saturated carbocycles. The predicted molar refractivity (Wildman–Crippen MR) is 117 cm³/mol. The molecule has 2 N–H and O–H groups in total. The third-order valence-corrected chi connectivity index (χ3v) is 5.15. The Morgan fingerprint density at radius 3 is 2.90 bits per heavy atom. The largest absolute Gasteiger partial charge is 0.492 e. The van der Waals surface area contributed by atoms with Crippen LogP contribution >= 0.6 is 0 Å². The van der Waals surface area contributed by atoms with E-state index in [9.17, 15) is 0 Å². The number of rotatable bonds is 6. The van der Waals surface area contributed by atoms with Crippen LogP contribution in [0.2, 0.25) is 0 Å². The highest BCUT2D eigenvalue weighted by molar-refractivity contribution is 5.79. The zero-order chi connectivity index (χ0) is 20.9. The molecule has 0 bridgehead atoms. The van der Waals surface area contributed by atoms with Gasteiger partial charge >= 0.3 is 0 Å². The minimum atomic E-state index is 0.116. The van der Waals surface area contributed by atoms with Gasteiger partial charge in [-0.05, 0) is 29.5 Å². The van der Waals surface area contributed by atoms with Gasteiger partial charge in [-0.2, -0.15) is 5.10 Å². The van der Waals surface area contributed by atoms with Crippen LogP contribution < -0.4 is 15.4 Å². The monoisotopic (exact) mass is 398 g/mol. The normalized spacial score (nSPS) is 17.0. The summed E-state index contributed by atoms with van der Waals surface area (Å²) < 4.78 is 7.95. The molecule has 1 unspecified atom stereocenters. The van der Waals surface area contributed by atoms with Gasteiger partial charge in [-0.15, -0.1) is 0 Å². The molecule has 2 aromatic rings. The van der Waals surface area contributed by atoms with Gasteiger partial charge in [0.1, 0.15) is 18.2 Å². The number of aliphatic imine (C=N–C) groups is 1. The summed E-state index contributed by atoms with van der Waals surface area (Å²) in [5.74, 6) is 3.71. The molecule has 0 radical (unpaired) electrons. The molecule has 158 valence electrons. The van der Waals surface area contributed by atoms with Gasteiger partial charge in [-0.25, -0.2) is 9.67 Å². The van der Waals surface area contributed by atoms with Crippen LogP contribution in [0.25, 0.3) is 0 Å². The van der Waals surface area contributed by atoms with E-state index < -0.39 is 0 Å². The molecular formula is C22H34N6O. The van der Waals surface area contributed by atoms with Gasteiger partial charge < -0.3 is 15.4 Å². The first-order chi connectivity index (χ1) is 13.9. The quantitative estimate of drug-likeness (QED) is 0.444. The minimum Gasteiger partial charge on any atom is -0.492 e. The Bertz CT molecular complexity index is 836. The maximum atomic E-state index is 5.92. The van der Waals surface area contributed by atoms with Crippen LogP contribution in [-0.4, -0.2) is 47.0 Å². The molecule has 1 atom stereocenters. The van der Waals surface area contributed by atoms with Crippen LogP contribution in [0.15, 0.2) is 29.3 Å². The number of aryl methyl sites for hydroxylation is 2. The maximum Gasteiger partial charge on any atom is 0.191 e. The standard InChI is InChI=1S/C22H34N6O/c1-6-19-26-20-11-10-17(15-28(20)27-19)25-21(23-5)24-12-13-29-18-9-7-8-16(14-18)22(2,3)4/h7-9,14,17H,6,10-13,15H2,1-5H3,(H2,23,24,25). The number of benzene rings is 1. The fourth-order valence-corrected chi connectivity index (χ4v) is 3.41. The van der Waals surface area contributed by atoms with E-state index in [1.165, 1.54) is 5.56 Å². The zero-order valence-corrected chi connectivity index (χ0v) is 18.3. The summed E-state index contributed by atoms with van der Waals surface area (Å²) in [6.45, 7) is 10.8. The summed E-state index contributed by atoms with van der Waals surface area (Å²) >= 11 is 0. The molecule has 0 spiro atoms. The Kier molecular flexibility index (Phi) is 6.77. The van der Waals surface area contributed by atoms with E-state index >= 15 is 0 Å². The Balaban J connectivity index is 1.44. The van der Waals surface area contributed by atoms with Gasteiger partial charge in [0.15, 0.2) is 11.8 Å². The van der Waals surface area contributed by atoms with Crippen molar-refractivity contribution in [3.8, 4) is 5.75 Å². The fraction of sp³-hybridized carbons (Fsp3) is 0.591. The third-order valence-electron chi connectivity index (χ3n) is 5.15. The van der Waals surface area contributed by atoms with Crippen LogP contribution in [0, 0.1) is 0 Å². The minimum absolute atomic E-state index is 0.116. The number of hydrogen-bond donors (Lipinski definition) is 2. The molecule has 0 amide bonds. The summed E-state index contributed by atoms with van der Waals surface area (Å²) in [7, 11) is 1.79. The van der Waals surface area contributed by atoms with Crippen LogP contribution in [0.5, 0.6) is 5.75 Å². The fourth-order valence-electron chi connectivity index (χ4n) is 3.41. The average Bonchev–Trinajstić information content (AvgIpc) is 3.12. The van der Waals surface area contributed by atoms with Gasteiger partial charge in [0.2, 0.25) is 0 Å². The highest BCUT2D eigenvalue weighted by Crippen LogP contribution is 2.25. The van der Waals surface area contributed by atoms with Crippen molar-refractivity contribution >= 4 is 5.96 Å². The zero-order valence-electron chi connectivity index (χ0n) is 18.3. The van der Waals surface area contributed by atoms with E-state index in [4.69, 9.17) is 4.74 Å². The Morgan fingerprint density at radius 1 is 1.34 bits per heavy atom. The number of guanidine groups is 1. The number of aromatic nitrogens is 3. The number of nitrogens with one attached hydrogen (secondary N) is 2. The number of ether oxygens (including phenoxy) is 1. The molecule has 1 aromatic carbocycles. The molecule has 1 aliphatic heterocycles. The summed E-state index contributed by atoms with van der Waals surface area (Å²) in [4.78, 5) is 8.92. The molecule has 7 heteroatoms. The van der Waals surface area contributed by atoms with Crippen LogP contribution in [0.3, 0.4) is 0 Å². The third kappa shape index (κ3) is 5.71. The molecule has 3 rings (SSSR count). The van der Waals surface area contributed by atoms with E-state index in [-0.39, 0.29) is 5.41 Å². The maximum absolute atomic E-state index is 5.92. The molecule has 0 aliphatic carbocycles. The van der Waals surface area contributed by atoms with Crippen molar-refractivity contribution in [2.45, 2.75) is 65.0 Å². The first-order valence-electron chi connectivity index (χ1n) is 10.5. The topological polar surface area (TPSA) is 76.4 Å². The van der Waals surface area contributed by atoms with Crippen molar-refractivity contribution in [2.75, 3.05) is 20.2 Å². The number of fused-ring (bicyclic) bond motifs is 1. The molecule has 29 heavy (non-hydrogen) atoms. The van der Waals surface area contributed by atoms with E-state index in [0.29, 0.717) is 19.2 Å². The van der Waals surface area contributed by atoms with Crippen molar-refractivity contribution in [1.29, 1.82) is 0 Å². The lowest BCUT2D eigenvalue weighted by atomic mass is 9.87. The first-order valence-corrected chi connectivity index (χ1v) is 10.5. The van der Waals surface area contributed by atoms with E-state index in [1.54, 1.807) is 7.05 Å². The molecule has 0 fully saturated rings. The summed E-state index contributed by atoms with van der Waals surface area (Å²) in [6, 6.07) is 8.62. The molecule has 2 heterocycles.